The van der Waals surface area contributed by atoms with Crippen molar-refractivity contribution in [2.45, 2.75) is 19.2 Å². The Hall–Kier alpha value is -2.98. The number of aliphatic hydroxyl groups is 1. The number of hydrogen-bond donors (Lipinski definition) is 1. The number of aryl methyl sites for hydroxylation is 1. The van der Waals surface area contributed by atoms with Crippen molar-refractivity contribution in [1.82, 2.24) is 9.88 Å². The molecule has 25 heavy (non-hydrogen) atoms. The van der Waals surface area contributed by atoms with E-state index < -0.39 is 12.3 Å². The second kappa shape index (κ2) is 6.87. The van der Waals surface area contributed by atoms with Crippen LogP contribution in [0.5, 0.6) is 11.6 Å². The van der Waals surface area contributed by atoms with E-state index in [1.54, 1.807) is 31.2 Å². The summed E-state index contributed by atoms with van der Waals surface area (Å²) >= 11 is 0. The smallest absolute Gasteiger partial charge is 0.254 e. The summed E-state index contributed by atoms with van der Waals surface area (Å²) in [6, 6.07) is 11.6. The predicted molar refractivity (Wildman–Crippen MR) is 87.0 cm³/mol. The molecular formula is C18H16FN3O3. The number of carbonyl (C=O) groups excluding carboxylic acids is 1. The number of β-amino-alcohol motifs (C(OH)–C–C–N with tert-alkyl or cyclic N) is 1. The zero-order valence-corrected chi connectivity index (χ0v) is 13.5. The Kier molecular flexibility index (Phi) is 4.63. The van der Waals surface area contributed by atoms with Gasteiger partial charge in [0.25, 0.3) is 5.91 Å². The molecule has 6 nitrogen and oxygen atoms in total. The monoisotopic (exact) mass is 341 g/mol. The van der Waals surface area contributed by atoms with Crippen molar-refractivity contribution in [2.24, 2.45) is 0 Å². The molecule has 7 heteroatoms. The standard InChI is InChI=1S/C18H16FN3O3/c1-11-5-12(8-20)6-17(21-11)25-14-4-2-3-13(7-14)18(24)22-9-15(19)16(23)10-22/h2-7,15-16,23H,9-10H2,1H3/t15-,16-/m1/s1. The first-order valence-corrected chi connectivity index (χ1v) is 7.74. The van der Waals surface area contributed by atoms with Crippen LogP contribution in [0.4, 0.5) is 4.39 Å². The maximum absolute atomic E-state index is 13.4. The van der Waals surface area contributed by atoms with E-state index in [0.29, 0.717) is 22.6 Å². The van der Waals surface area contributed by atoms with E-state index in [9.17, 15) is 14.3 Å². The van der Waals surface area contributed by atoms with Crippen molar-refractivity contribution in [3.05, 3.63) is 53.2 Å². The molecule has 3 rings (SSSR count). The maximum Gasteiger partial charge on any atom is 0.254 e. The minimum atomic E-state index is -1.43. The number of benzene rings is 1. The van der Waals surface area contributed by atoms with Gasteiger partial charge in [0, 0.05) is 23.9 Å². The summed E-state index contributed by atoms with van der Waals surface area (Å²) in [5, 5.41) is 18.5. The Morgan fingerprint density at radius 2 is 2.20 bits per heavy atom. The first kappa shape index (κ1) is 16.9. The van der Waals surface area contributed by atoms with Crippen LogP contribution in [-0.2, 0) is 0 Å². The Morgan fingerprint density at radius 1 is 1.40 bits per heavy atom. The second-order valence-corrected chi connectivity index (χ2v) is 5.87. The van der Waals surface area contributed by atoms with Gasteiger partial charge in [0.15, 0.2) is 0 Å². The van der Waals surface area contributed by atoms with Gasteiger partial charge in [-0.3, -0.25) is 4.79 Å². The van der Waals surface area contributed by atoms with Crippen LogP contribution in [0.15, 0.2) is 36.4 Å². The summed E-state index contributed by atoms with van der Waals surface area (Å²) in [6.07, 6.45) is -2.58. The number of nitrogens with zero attached hydrogens (tertiary/aromatic N) is 3. The number of carbonyl (C=O) groups is 1. The van der Waals surface area contributed by atoms with E-state index in [1.807, 2.05) is 6.07 Å². The molecule has 2 aromatic rings. The molecule has 128 valence electrons. The van der Waals surface area contributed by atoms with Crippen LogP contribution in [0, 0.1) is 18.3 Å². The van der Waals surface area contributed by atoms with Crippen LogP contribution in [0.2, 0.25) is 0 Å². The lowest BCUT2D eigenvalue weighted by molar-refractivity contribution is 0.0764. The van der Waals surface area contributed by atoms with Gasteiger partial charge in [0.2, 0.25) is 5.88 Å². The highest BCUT2D eigenvalue weighted by atomic mass is 19.1. The van der Waals surface area contributed by atoms with Crippen LogP contribution in [-0.4, -0.2) is 46.3 Å². The summed E-state index contributed by atoms with van der Waals surface area (Å²) < 4.78 is 19.1. The Morgan fingerprint density at radius 3 is 2.88 bits per heavy atom. The molecule has 0 spiro atoms. The fraction of sp³-hybridized carbons (Fsp3) is 0.278. The lowest BCUT2D eigenvalue weighted by atomic mass is 10.2. The fourth-order valence-electron chi connectivity index (χ4n) is 2.66. The fourth-order valence-corrected chi connectivity index (χ4v) is 2.66. The van der Waals surface area contributed by atoms with E-state index >= 15 is 0 Å². The number of alkyl halides is 1. The van der Waals surface area contributed by atoms with Crippen molar-refractivity contribution in [1.29, 1.82) is 5.26 Å². The van der Waals surface area contributed by atoms with Crippen molar-refractivity contribution in [2.75, 3.05) is 13.1 Å². The molecule has 0 saturated carbocycles. The number of aliphatic hydroxyl groups excluding tert-OH is 1. The minimum absolute atomic E-state index is 0.0317. The number of rotatable bonds is 3. The van der Waals surface area contributed by atoms with Gasteiger partial charge in [-0.2, -0.15) is 5.26 Å². The number of ether oxygens (including phenoxy) is 1. The van der Waals surface area contributed by atoms with E-state index in [1.165, 1.54) is 17.0 Å². The van der Waals surface area contributed by atoms with E-state index in [0.717, 1.165) is 0 Å². The van der Waals surface area contributed by atoms with Gasteiger partial charge in [-0.05, 0) is 31.2 Å². The lowest BCUT2D eigenvalue weighted by Gasteiger charge is -2.15. The molecule has 0 radical (unpaired) electrons. The number of halogens is 1. The lowest BCUT2D eigenvalue weighted by Crippen LogP contribution is -2.29. The average molecular weight is 341 g/mol. The van der Waals surface area contributed by atoms with E-state index in [4.69, 9.17) is 10.00 Å². The molecule has 1 aliphatic heterocycles. The van der Waals surface area contributed by atoms with Crippen LogP contribution >= 0.6 is 0 Å². The van der Waals surface area contributed by atoms with Crippen molar-refractivity contribution < 1.29 is 19.0 Å². The molecule has 0 aliphatic carbocycles. The SMILES string of the molecule is Cc1cc(C#N)cc(Oc2cccc(C(=O)N3C[C@@H](O)[C@H](F)C3)c2)n1. The molecule has 2 atom stereocenters. The van der Waals surface area contributed by atoms with Gasteiger partial charge in [-0.25, -0.2) is 9.37 Å². The molecule has 0 unspecified atom stereocenters. The molecule has 1 aromatic heterocycles. The zero-order chi connectivity index (χ0) is 18.0. The van der Waals surface area contributed by atoms with Gasteiger partial charge in [-0.15, -0.1) is 0 Å². The third-order valence-corrected chi connectivity index (χ3v) is 3.87. The van der Waals surface area contributed by atoms with Gasteiger partial charge in [-0.1, -0.05) is 6.07 Å². The highest BCUT2D eigenvalue weighted by Crippen LogP contribution is 2.24. The van der Waals surface area contributed by atoms with E-state index in [2.05, 4.69) is 4.98 Å². The first-order valence-electron chi connectivity index (χ1n) is 7.74. The van der Waals surface area contributed by atoms with Crippen LogP contribution < -0.4 is 4.74 Å². The summed E-state index contributed by atoms with van der Waals surface area (Å²) in [6.45, 7) is 1.59. The normalized spacial score (nSPS) is 19.5. The Bertz CT molecular complexity index is 840. The highest BCUT2D eigenvalue weighted by Gasteiger charge is 2.34. The van der Waals surface area contributed by atoms with Crippen LogP contribution in [0.3, 0.4) is 0 Å². The van der Waals surface area contributed by atoms with E-state index in [-0.39, 0.29) is 24.9 Å². The zero-order valence-electron chi connectivity index (χ0n) is 13.5. The Labute approximate surface area is 144 Å². The molecule has 1 N–H and O–H groups in total. The molecular weight excluding hydrogens is 325 g/mol. The third-order valence-electron chi connectivity index (χ3n) is 3.87. The van der Waals surface area contributed by atoms with Gasteiger partial charge >= 0.3 is 0 Å². The van der Waals surface area contributed by atoms with Crippen LogP contribution in [0.1, 0.15) is 21.6 Å². The van der Waals surface area contributed by atoms with Crippen molar-refractivity contribution in [3.63, 3.8) is 0 Å². The second-order valence-electron chi connectivity index (χ2n) is 5.87. The number of amides is 1. The van der Waals surface area contributed by atoms with Gasteiger partial charge < -0.3 is 14.7 Å². The van der Waals surface area contributed by atoms with Crippen molar-refractivity contribution in [3.8, 4) is 17.7 Å². The number of pyridine rings is 1. The quantitative estimate of drug-likeness (QED) is 0.925. The first-order chi connectivity index (χ1) is 12.0. The molecule has 2 heterocycles. The number of likely N-dealkylation sites (tertiary alicyclic amines) is 1. The topological polar surface area (TPSA) is 86.5 Å². The summed E-state index contributed by atoms with van der Waals surface area (Å²) in [7, 11) is 0. The largest absolute Gasteiger partial charge is 0.439 e. The number of aromatic nitrogens is 1. The number of nitriles is 1. The minimum Gasteiger partial charge on any atom is -0.439 e. The van der Waals surface area contributed by atoms with Crippen molar-refractivity contribution >= 4 is 5.91 Å². The molecule has 1 aromatic carbocycles. The molecule has 1 amide bonds. The van der Waals surface area contributed by atoms with Crippen LogP contribution in [0.25, 0.3) is 0 Å². The average Bonchev–Trinajstić information content (AvgIpc) is 2.93. The summed E-state index contributed by atoms with van der Waals surface area (Å²) in [5.74, 6) is 0.255. The summed E-state index contributed by atoms with van der Waals surface area (Å²) in [5.41, 5.74) is 1.39. The predicted octanol–water partition coefficient (Wildman–Crippen LogP) is 2.21. The van der Waals surface area contributed by atoms with Gasteiger partial charge in [0.05, 0.1) is 18.2 Å². The molecule has 1 fully saturated rings. The third kappa shape index (κ3) is 3.75. The van der Waals surface area contributed by atoms with Gasteiger partial charge in [0.1, 0.15) is 18.0 Å². The molecule has 0 bridgehead atoms. The molecule has 1 saturated heterocycles. The number of hydrogen-bond acceptors (Lipinski definition) is 5. The Balaban J connectivity index is 1.79. The molecule has 1 aliphatic rings. The highest BCUT2D eigenvalue weighted by molar-refractivity contribution is 5.94. The summed E-state index contributed by atoms with van der Waals surface area (Å²) in [4.78, 5) is 17.9. The maximum atomic E-state index is 13.4.